The zero-order valence-corrected chi connectivity index (χ0v) is 17.9. The molecule has 0 bridgehead atoms. The van der Waals surface area contributed by atoms with Crippen molar-refractivity contribution in [1.82, 2.24) is 15.0 Å². The van der Waals surface area contributed by atoms with Crippen molar-refractivity contribution in [2.45, 2.75) is 13.5 Å². The third kappa shape index (κ3) is 5.04. The number of carboxylic acid groups (broad SMARTS) is 1. The van der Waals surface area contributed by atoms with Crippen LogP contribution in [0.2, 0.25) is 0 Å². The van der Waals surface area contributed by atoms with Gasteiger partial charge in [0.1, 0.15) is 11.6 Å². The molecule has 0 unspecified atom stereocenters. The van der Waals surface area contributed by atoms with Crippen molar-refractivity contribution < 1.29 is 9.90 Å². The standard InChI is InChI=1S/C23H21N5O2S/c1-15-10-11-24-21(12-15)27-20-5-3-4-18(26-20)19-13-25-23(31-19)28(2)14-16-6-8-17(9-7-16)22(29)30/h3-13H,14H2,1-2H3,(H,29,30)(H,24,26,27). The molecular formula is C23H21N5O2S. The minimum Gasteiger partial charge on any atom is -0.478 e. The molecule has 0 aliphatic heterocycles. The molecule has 156 valence electrons. The Morgan fingerprint density at radius 3 is 2.65 bits per heavy atom. The van der Waals surface area contributed by atoms with Crippen LogP contribution in [0, 0.1) is 6.92 Å². The number of hydrogen-bond acceptors (Lipinski definition) is 7. The van der Waals surface area contributed by atoms with Gasteiger partial charge < -0.3 is 15.3 Å². The predicted octanol–water partition coefficient (Wildman–Crippen LogP) is 4.99. The lowest BCUT2D eigenvalue weighted by Crippen LogP contribution is -2.16. The molecule has 8 heteroatoms. The van der Waals surface area contributed by atoms with Gasteiger partial charge in [-0.25, -0.2) is 19.7 Å². The van der Waals surface area contributed by atoms with Crippen LogP contribution in [-0.2, 0) is 6.54 Å². The van der Waals surface area contributed by atoms with E-state index in [2.05, 4.69) is 15.3 Å². The summed E-state index contributed by atoms with van der Waals surface area (Å²) in [6, 6.07) is 16.6. The van der Waals surface area contributed by atoms with E-state index in [0.717, 1.165) is 38.5 Å². The molecule has 0 atom stereocenters. The number of pyridine rings is 2. The van der Waals surface area contributed by atoms with Crippen LogP contribution in [0.25, 0.3) is 10.6 Å². The third-order valence-electron chi connectivity index (χ3n) is 4.61. The topological polar surface area (TPSA) is 91.2 Å². The van der Waals surface area contributed by atoms with Gasteiger partial charge in [-0.3, -0.25) is 0 Å². The maximum absolute atomic E-state index is 11.0. The van der Waals surface area contributed by atoms with Gasteiger partial charge in [-0.1, -0.05) is 29.5 Å². The monoisotopic (exact) mass is 431 g/mol. The molecule has 3 heterocycles. The largest absolute Gasteiger partial charge is 0.478 e. The van der Waals surface area contributed by atoms with Gasteiger partial charge in [0.05, 0.1) is 16.1 Å². The van der Waals surface area contributed by atoms with E-state index in [1.165, 1.54) is 0 Å². The van der Waals surface area contributed by atoms with Crippen LogP contribution >= 0.6 is 11.3 Å². The van der Waals surface area contributed by atoms with Gasteiger partial charge in [-0.15, -0.1) is 0 Å². The highest BCUT2D eigenvalue weighted by Crippen LogP contribution is 2.31. The zero-order valence-electron chi connectivity index (χ0n) is 17.1. The Balaban J connectivity index is 1.47. The number of benzene rings is 1. The van der Waals surface area contributed by atoms with Gasteiger partial charge in [-0.05, 0) is 54.4 Å². The highest BCUT2D eigenvalue weighted by molar-refractivity contribution is 7.18. The van der Waals surface area contributed by atoms with Crippen LogP contribution in [0.3, 0.4) is 0 Å². The number of carbonyl (C=O) groups is 1. The molecule has 0 aliphatic carbocycles. The average molecular weight is 432 g/mol. The fraction of sp³-hybridized carbons (Fsp3) is 0.130. The second-order valence-electron chi connectivity index (χ2n) is 7.12. The molecule has 4 rings (SSSR count). The number of anilines is 3. The van der Waals surface area contributed by atoms with E-state index in [0.29, 0.717) is 6.54 Å². The van der Waals surface area contributed by atoms with Crippen LogP contribution in [0.1, 0.15) is 21.5 Å². The van der Waals surface area contributed by atoms with Crippen LogP contribution in [-0.4, -0.2) is 33.1 Å². The third-order valence-corrected chi connectivity index (χ3v) is 5.75. The number of aromatic carboxylic acids is 1. The highest BCUT2D eigenvalue weighted by atomic mass is 32.1. The molecule has 0 saturated carbocycles. The van der Waals surface area contributed by atoms with Crippen LogP contribution in [0.15, 0.2) is 67.0 Å². The van der Waals surface area contributed by atoms with E-state index < -0.39 is 5.97 Å². The second kappa shape index (κ2) is 8.93. The SMILES string of the molecule is Cc1ccnc(Nc2cccc(-c3cnc(N(C)Cc4ccc(C(=O)O)cc4)s3)n2)c1. The van der Waals surface area contributed by atoms with Crippen molar-refractivity contribution in [3.8, 4) is 10.6 Å². The lowest BCUT2D eigenvalue weighted by Gasteiger charge is -2.15. The Labute approximate surface area is 184 Å². The van der Waals surface area contributed by atoms with Gasteiger partial charge in [0.2, 0.25) is 0 Å². The fourth-order valence-corrected chi connectivity index (χ4v) is 3.88. The number of aromatic nitrogens is 3. The van der Waals surface area contributed by atoms with Crippen molar-refractivity contribution in [3.63, 3.8) is 0 Å². The lowest BCUT2D eigenvalue weighted by molar-refractivity contribution is 0.0697. The molecule has 7 nitrogen and oxygen atoms in total. The maximum Gasteiger partial charge on any atom is 0.335 e. The van der Waals surface area contributed by atoms with Crippen LogP contribution in [0.5, 0.6) is 0 Å². The van der Waals surface area contributed by atoms with E-state index in [1.54, 1.807) is 29.7 Å². The molecule has 0 spiro atoms. The van der Waals surface area contributed by atoms with E-state index >= 15 is 0 Å². The fourth-order valence-electron chi connectivity index (χ4n) is 3.03. The number of carboxylic acids is 1. The van der Waals surface area contributed by atoms with Crippen LogP contribution in [0.4, 0.5) is 16.8 Å². The number of nitrogens with one attached hydrogen (secondary N) is 1. The molecule has 3 aromatic heterocycles. The summed E-state index contributed by atoms with van der Waals surface area (Å²) in [4.78, 5) is 27.5. The summed E-state index contributed by atoms with van der Waals surface area (Å²) in [6.07, 6.45) is 3.59. The molecule has 1 aromatic carbocycles. The second-order valence-corrected chi connectivity index (χ2v) is 8.13. The molecule has 4 aromatic rings. The summed E-state index contributed by atoms with van der Waals surface area (Å²) in [5.41, 5.74) is 3.25. The molecular weight excluding hydrogens is 410 g/mol. The first-order valence-electron chi connectivity index (χ1n) is 9.64. The summed E-state index contributed by atoms with van der Waals surface area (Å²) in [5.74, 6) is 0.549. The smallest absolute Gasteiger partial charge is 0.335 e. The number of thiazole rings is 1. The van der Waals surface area contributed by atoms with E-state index in [4.69, 9.17) is 10.1 Å². The summed E-state index contributed by atoms with van der Waals surface area (Å²) < 4.78 is 0. The molecule has 31 heavy (non-hydrogen) atoms. The molecule has 0 fully saturated rings. The Hall–Kier alpha value is -3.78. The van der Waals surface area contributed by atoms with Crippen LogP contribution < -0.4 is 10.2 Å². The zero-order chi connectivity index (χ0) is 21.8. The Kier molecular flexibility index (Phi) is 5.90. The number of hydrogen-bond donors (Lipinski definition) is 2. The minimum atomic E-state index is -0.924. The van der Waals surface area contributed by atoms with Crippen molar-refractivity contribution in [1.29, 1.82) is 0 Å². The maximum atomic E-state index is 11.0. The van der Waals surface area contributed by atoms with E-state index in [1.807, 2.05) is 67.5 Å². The Bertz CT molecular complexity index is 1210. The average Bonchev–Trinajstić information content (AvgIpc) is 3.25. The first-order valence-corrected chi connectivity index (χ1v) is 10.5. The van der Waals surface area contributed by atoms with Crippen molar-refractivity contribution in [2.24, 2.45) is 0 Å². The van der Waals surface area contributed by atoms with E-state index in [9.17, 15) is 4.79 Å². The number of aryl methyl sites for hydroxylation is 1. The summed E-state index contributed by atoms with van der Waals surface area (Å²) >= 11 is 1.55. The number of nitrogens with zero attached hydrogens (tertiary/aromatic N) is 4. The molecule has 0 saturated heterocycles. The summed E-state index contributed by atoms with van der Waals surface area (Å²) in [5, 5.41) is 13.1. The van der Waals surface area contributed by atoms with Gasteiger partial charge >= 0.3 is 5.97 Å². The van der Waals surface area contributed by atoms with Crippen molar-refractivity contribution in [3.05, 3.63) is 83.7 Å². The molecule has 0 aliphatic rings. The lowest BCUT2D eigenvalue weighted by atomic mass is 10.1. The summed E-state index contributed by atoms with van der Waals surface area (Å²) in [7, 11) is 1.96. The predicted molar refractivity (Wildman–Crippen MR) is 123 cm³/mol. The highest BCUT2D eigenvalue weighted by Gasteiger charge is 2.11. The molecule has 2 N–H and O–H groups in total. The Morgan fingerprint density at radius 1 is 1.10 bits per heavy atom. The molecule has 0 amide bonds. The van der Waals surface area contributed by atoms with Gasteiger partial charge in [0.15, 0.2) is 5.13 Å². The molecule has 0 radical (unpaired) electrons. The Morgan fingerprint density at radius 2 is 1.90 bits per heavy atom. The normalized spacial score (nSPS) is 10.6. The quantitative estimate of drug-likeness (QED) is 0.426. The first kappa shape index (κ1) is 20.5. The minimum absolute atomic E-state index is 0.281. The summed E-state index contributed by atoms with van der Waals surface area (Å²) in [6.45, 7) is 2.65. The number of rotatable bonds is 7. The van der Waals surface area contributed by atoms with Gasteiger partial charge in [0.25, 0.3) is 0 Å². The van der Waals surface area contributed by atoms with E-state index in [-0.39, 0.29) is 5.56 Å². The van der Waals surface area contributed by atoms with Gasteiger partial charge in [-0.2, -0.15) is 0 Å². The van der Waals surface area contributed by atoms with Crippen molar-refractivity contribution in [2.75, 3.05) is 17.3 Å². The van der Waals surface area contributed by atoms with Crippen molar-refractivity contribution >= 4 is 34.1 Å². The first-order chi connectivity index (χ1) is 15.0. The van der Waals surface area contributed by atoms with Gasteiger partial charge in [0, 0.05) is 26.0 Å².